The number of nitrogens with one attached hydrogen (secondary N) is 1. The monoisotopic (exact) mass is 418 g/mol. The number of aromatic nitrogens is 7. The van der Waals surface area contributed by atoms with Gasteiger partial charge in [-0.15, -0.1) is 5.10 Å². The first-order valence-corrected chi connectivity index (χ1v) is 9.91. The fourth-order valence-corrected chi connectivity index (χ4v) is 4.07. The molecule has 2 saturated carbocycles. The predicted octanol–water partition coefficient (Wildman–Crippen LogP) is 3.87. The van der Waals surface area contributed by atoms with E-state index in [1.807, 2.05) is 18.7 Å². The highest BCUT2D eigenvalue weighted by Gasteiger charge is 2.40. The van der Waals surface area contributed by atoms with Gasteiger partial charge in [0.2, 0.25) is 5.95 Å². The molecule has 0 atom stereocenters. The topological polar surface area (TPSA) is 86.3 Å². The molecule has 0 unspecified atom stereocenters. The molecule has 3 heterocycles. The largest absolute Gasteiger partial charge is 0.419 e. The molecule has 158 valence electrons. The standard InChI is InChI=1S/C19H21F3N8/c1-10-15(8-25-30(10)13-5-12(6-13)16-9-24-28-29(16)2)26-18-23-7-14(19(20,21)22)17(27-18)11-3-4-11/h7-9,11-13H,3-6H2,1-2H3,(H,23,26,27). The third kappa shape index (κ3) is 3.31. The number of aryl methyl sites for hydroxylation is 1. The second-order valence-electron chi connectivity index (χ2n) is 8.08. The molecule has 2 aliphatic carbocycles. The number of anilines is 2. The second kappa shape index (κ2) is 6.78. The smallest absolute Gasteiger partial charge is 0.321 e. The van der Waals surface area contributed by atoms with Crippen molar-refractivity contribution in [2.24, 2.45) is 7.05 Å². The highest BCUT2D eigenvalue weighted by atomic mass is 19.4. The lowest BCUT2D eigenvalue weighted by Gasteiger charge is -2.35. The van der Waals surface area contributed by atoms with E-state index >= 15 is 0 Å². The van der Waals surface area contributed by atoms with Crippen molar-refractivity contribution in [1.29, 1.82) is 0 Å². The molecule has 3 aromatic heterocycles. The van der Waals surface area contributed by atoms with Gasteiger partial charge in [-0.05, 0) is 32.6 Å². The van der Waals surface area contributed by atoms with Gasteiger partial charge in [0.25, 0.3) is 0 Å². The van der Waals surface area contributed by atoms with Crippen LogP contribution >= 0.6 is 0 Å². The van der Waals surface area contributed by atoms with Crippen molar-refractivity contribution in [3.63, 3.8) is 0 Å². The van der Waals surface area contributed by atoms with Crippen LogP contribution in [0.2, 0.25) is 0 Å². The van der Waals surface area contributed by atoms with Crippen LogP contribution in [-0.2, 0) is 13.2 Å². The molecule has 0 spiro atoms. The van der Waals surface area contributed by atoms with Gasteiger partial charge in [-0.25, -0.2) is 9.97 Å². The van der Waals surface area contributed by atoms with Gasteiger partial charge in [-0.1, -0.05) is 5.21 Å². The molecular formula is C19H21F3N8. The van der Waals surface area contributed by atoms with Crippen LogP contribution in [0, 0.1) is 6.92 Å². The quantitative estimate of drug-likeness (QED) is 0.677. The number of halogens is 3. The van der Waals surface area contributed by atoms with Crippen LogP contribution in [0.3, 0.4) is 0 Å². The molecule has 0 aromatic carbocycles. The van der Waals surface area contributed by atoms with Gasteiger partial charge in [-0.3, -0.25) is 9.36 Å². The summed E-state index contributed by atoms with van der Waals surface area (Å²) in [5.41, 5.74) is 2.05. The fourth-order valence-electron chi connectivity index (χ4n) is 4.07. The number of alkyl halides is 3. The molecule has 0 saturated heterocycles. The van der Waals surface area contributed by atoms with Gasteiger partial charge in [0.05, 0.1) is 46.8 Å². The van der Waals surface area contributed by atoms with E-state index in [2.05, 4.69) is 30.7 Å². The van der Waals surface area contributed by atoms with Gasteiger partial charge < -0.3 is 5.32 Å². The summed E-state index contributed by atoms with van der Waals surface area (Å²) in [7, 11) is 1.89. The molecule has 3 aromatic rings. The Hall–Kier alpha value is -2.98. The van der Waals surface area contributed by atoms with Gasteiger partial charge in [0.1, 0.15) is 0 Å². The van der Waals surface area contributed by atoms with Crippen molar-refractivity contribution < 1.29 is 13.2 Å². The summed E-state index contributed by atoms with van der Waals surface area (Å²) < 4.78 is 43.4. The maximum absolute atomic E-state index is 13.2. The van der Waals surface area contributed by atoms with Gasteiger partial charge in [0.15, 0.2) is 0 Å². The summed E-state index contributed by atoms with van der Waals surface area (Å²) in [4.78, 5) is 8.09. The number of rotatable bonds is 5. The second-order valence-corrected chi connectivity index (χ2v) is 8.08. The van der Waals surface area contributed by atoms with E-state index in [0.29, 0.717) is 11.6 Å². The van der Waals surface area contributed by atoms with E-state index in [1.54, 1.807) is 17.1 Å². The highest BCUT2D eigenvalue weighted by molar-refractivity contribution is 5.55. The minimum Gasteiger partial charge on any atom is -0.321 e. The molecule has 30 heavy (non-hydrogen) atoms. The van der Waals surface area contributed by atoms with E-state index in [-0.39, 0.29) is 23.6 Å². The van der Waals surface area contributed by atoms with Crippen LogP contribution in [-0.4, -0.2) is 34.7 Å². The van der Waals surface area contributed by atoms with E-state index in [0.717, 1.165) is 43.3 Å². The van der Waals surface area contributed by atoms with Gasteiger partial charge in [0, 0.05) is 25.1 Å². The molecule has 11 heteroatoms. The van der Waals surface area contributed by atoms with Crippen molar-refractivity contribution in [1.82, 2.24) is 34.7 Å². The first-order chi connectivity index (χ1) is 14.3. The maximum atomic E-state index is 13.2. The summed E-state index contributed by atoms with van der Waals surface area (Å²) in [5.74, 6) is 0.428. The fraction of sp³-hybridized carbons (Fsp3) is 0.526. The predicted molar refractivity (Wildman–Crippen MR) is 101 cm³/mol. The number of hydrogen-bond donors (Lipinski definition) is 1. The van der Waals surface area contributed by atoms with Crippen LogP contribution in [0.25, 0.3) is 0 Å². The SMILES string of the molecule is Cc1c(Nc2ncc(C(F)(F)F)c(C3CC3)n2)cnn1C1CC(c2cnnn2C)C1. The zero-order valence-electron chi connectivity index (χ0n) is 16.6. The zero-order chi connectivity index (χ0) is 21.0. The summed E-state index contributed by atoms with van der Waals surface area (Å²) in [6, 6.07) is 0.260. The molecule has 0 aliphatic heterocycles. The Morgan fingerprint density at radius 2 is 1.87 bits per heavy atom. The van der Waals surface area contributed by atoms with Crippen LogP contribution in [0.15, 0.2) is 18.6 Å². The van der Waals surface area contributed by atoms with Crippen molar-refractivity contribution in [2.45, 2.75) is 56.7 Å². The number of hydrogen-bond acceptors (Lipinski definition) is 6. The Balaban J connectivity index is 1.32. The third-order valence-electron chi connectivity index (χ3n) is 6.01. The summed E-state index contributed by atoms with van der Waals surface area (Å²) in [6.45, 7) is 1.93. The normalized spacial score (nSPS) is 21.5. The Morgan fingerprint density at radius 3 is 2.50 bits per heavy atom. The van der Waals surface area contributed by atoms with Crippen LogP contribution in [0.1, 0.15) is 66.2 Å². The summed E-state index contributed by atoms with van der Waals surface area (Å²) >= 11 is 0. The van der Waals surface area contributed by atoms with Crippen LogP contribution in [0.4, 0.5) is 24.8 Å². The summed E-state index contributed by atoms with van der Waals surface area (Å²) in [6.07, 6.45) is 3.23. The zero-order valence-corrected chi connectivity index (χ0v) is 16.6. The first-order valence-electron chi connectivity index (χ1n) is 9.91. The molecular weight excluding hydrogens is 397 g/mol. The van der Waals surface area contributed by atoms with E-state index in [4.69, 9.17) is 0 Å². The molecule has 0 bridgehead atoms. The first kappa shape index (κ1) is 19.0. The lowest BCUT2D eigenvalue weighted by molar-refractivity contribution is -0.138. The Kier molecular flexibility index (Phi) is 4.30. The molecule has 5 rings (SSSR count). The Labute approximate surface area is 170 Å². The van der Waals surface area contributed by atoms with Crippen molar-refractivity contribution >= 4 is 11.6 Å². The lowest BCUT2D eigenvalue weighted by Crippen LogP contribution is -2.28. The highest BCUT2D eigenvalue weighted by Crippen LogP contribution is 2.46. The van der Waals surface area contributed by atoms with Crippen LogP contribution in [0.5, 0.6) is 0 Å². The van der Waals surface area contributed by atoms with E-state index in [9.17, 15) is 13.2 Å². The van der Waals surface area contributed by atoms with Gasteiger partial charge in [-0.2, -0.15) is 18.3 Å². The maximum Gasteiger partial charge on any atom is 0.419 e. The molecule has 1 N–H and O–H groups in total. The molecule has 2 aliphatic rings. The lowest BCUT2D eigenvalue weighted by atomic mass is 9.78. The number of nitrogens with zero attached hydrogens (tertiary/aromatic N) is 7. The minimum atomic E-state index is -4.44. The molecule has 2 fully saturated rings. The van der Waals surface area contributed by atoms with Gasteiger partial charge >= 0.3 is 6.18 Å². The average Bonchev–Trinajstić information content (AvgIpc) is 3.34. The third-order valence-corrected chi connectivity index (χ3v) is 6.01. The molecule has 0 radical (unpaired) electrons. The van der Waals surface area contributed by atoms with Crippen molar-refractivity contribution in [3.8, 4) is 0 Å². The minimum absolute atomic E-state index is 0.0802. The van der Waals surface area contributed by atoms with E-state index < -0.39 is 11.7 Å². The van der Waals surface area contributed by atoms with Crippen molar-refractivity contribution in [3.05, 3.63) is 41.2 Å². The molecule has 0 amide bonds. The average molecular weight is 418 g/mol. The van der Waals surface area contributed by atoms with E-state index in [1.165, 1.54) is 0 Å². The Morgan fingerprint density at radius 1 is 1.10 bits per heavy atom. The molecule has 8 nitrogen and oxygen atoms in total. The Bertz CT molecular complexity index is 1080. The van der Waals surface area contributed by atoms with Crippen molar-refractivity contribution in [2.75, 3.05) is 5.32 Å². The summed E-state index contributed by atoms with van der Waals surface area (Å²) in [5, 5.41) is 15.4. The van der Waals surface area contributed by atoms with Crippen LogP contribution < -0.4 is 5.32 Å².